The molecule has 0 aliphatic carbocycles. The molecule has 2 aromatic carbocycles. The summed E-state index contributed by atoms with van der Waals surface area (Å²) >= 11 is 7.83. The van der Waals surface area contributed by atoms with Crippen LogP contribution in [0.15, 0.2) is 66.0 Å². The van der Waals surface area contributed by atoms with Crippen LogP contribution in [0.1, 0.15) is 22.0 Å². The van der Waals surface area contributed by atoms with Gasteiger partial charge in [0.05, 0.1) is 23.3 Å². The van der Waals surface area contributed by atoms with Gasteiger partial charge in [0.1, 0.15) is 0 Å². The van der Waals surface area contributed by atoms with E-state index in [-0.39, 0.29) is 18.5 Å². The predicted octanol–water partition coefficient (Wildman–Crippen LogP) is 5.03. The standard InChI is InChI=1S/C20H19ClN2OS/c1-14-9-10-17(16(21)12-14)22-13-19(24)23-20(18-8-5-11-25-18)15-6-3-2-4-7-15/h2-12,20,22H,13H2,1H3,(H,23,24)/t20-/m1/s1. The van der Waals surface area contributed by atoms with Crippen molar-refractivity contribution in [3.63, 3.8) is 0 Å². The van der Waals surface area contributed by atoms with E-state index in [0.717, 1.165) is 21.7 Å². The number of amides is 1. The van der Waals surface area contributed by atoms with E-state index in [1.807, 2.05) is 73.0 Å². The van der Waals surface area contributed by atoms with Crippen molar-refractivity contribution >= 4 is 34.5 Å². The number of anilines is 1. The average molecular weight is 371 g/mol. The molecule has 0 aliphatic rings. The fraction of sp³-hybridized carbons (Fsp3) is 0.150. The normalized spacial score (nSPS) is 11.8. The zero-order valence-corrected chi connectivity index (χ0v) is 15.4. The second-order valence-electron chi connectivity index (χ2n) is 5.76. The van der Waals surface area contributed by atoms with Crippen LogP contribution in [0, 0.1) is 6.92 Å². The van der Waals surface area contributed by atoms with Crippen molar-refractivity contribution in [1.29, 1.82) is 0 Å². The number of thiophene rings is 1. The summed E-state index contributed by atoms with van der Waals surface area (Å²) < 4.78 is 0. The van der Waals surface area contributed by atoms with Gasteiger partial charge in [-0.3, -0.25) is 4.79 Å². The molecule has 3 rings (SSSR count). The first-order valence-corrected chi connectivity index (χ1v) is 9.27. The Labute approximate surface area is 156 Å². The lowest BCUT2D eigenvalue weighted by atomic mass is 10.1. The van der Waals surface area contributed by atoms with Crippen LogP contribution in [0.5, 0.6) is 0 Å². The summed E-state index contributed by atoms with van der Waals surface area (Å²) in [4.78, 5) is 13.6. The van der Waals surface area contributed by atoms with Crippen molar-refractivity contribution in [3.8, 4) is 0 Å². The van der Waals surface area contributed by atoms with Gasteiger partial charge in [0, 0.05) is 4.88 Å². The van der Waals surface area contributed by atoms with Crippen molar-refractivity contribution in [2.24, 2.45) is 0 Å². The molecule has 3 nitrogen and oxygen atoms in total. The van der Waals surface area contributed by atoms with Crippen LogP contribution >= 0.6 is 22.9 Å². The summed E-state index contributed by atoms with van der Waals surface area (Å²) in [5, 5.41) is 8.84. The number of hydrogen-bond acceptors (Lipinski definition) is 3. The summed E-state index contributed by atoms with van der Waals surface area (Å²) in [7, 11) is 0. The molecule has 3 aromatic rings. The molecule has 0 bridgehead atoms. The smallest absolute Gasteiger partial charge is 0.240 e. The molecule has 0 radical (unpaired) electrons. The summed E-state index contributed by atoms with van der Waals surface area (Å²) in [6.45, 7) is 2.14. The number of nitrogens with one attached hydrogen (secondary N) is 2. The van der Waals surface area contributed by atoms with Gasteiger partial charge in [-0.05, 0) is 41.6 Å². The first-order chi connectivity index (χ1) is 12.1. The first kappa shape index (κ1) is 17.5. The van der Waals surface area contributed by atoms with Crippen LogP contribution in [0.2, 0.25) is 5.02 Å². The van der Waals surface area contributed by atoms with Crippen LogP contribution in [0.4, 0.5) is 5.69 Å². The maximum absolute atomic E-state index is 12.5. The number of rotatable bonds is 6. The van der Waals surface area contributed by atoms with E-state index in [2.05, 4.69) is 10.6 Å². The van der Waals surface area contributed by atoms with Crippen LogP contribution in [0.3, 0.4) is 0 Å². The fourth-order valence-electron chi connectivity index (χ4n) is 2.57. The van der Waals surface area contributed by atoms with Crippen molar-refractivity contribution < 1.29 is 4.79 Å². The topological polar surface area (TPSA) is 41.1 Å². The zero-order chi connectivity index (χ0) is 17.6. The quantitative estimate of drug-likeness (QED) is 0.639. The molecule has 1 amide bonds. The van der Waals surface area contributed by atoms with Gasteiger partial charge >= 0.3 is 0 Å². The van der Waals surface area contributed by atoms with E-state index in [0.29, 0.717) is 5.02 Å². The maximum atomic E-state index is 12.5. The molecule has 25 heavy (non-hydrogen) atoms. The molecule has 0 aliphatic heterocycles. The Bertz CT molecular complexity index is 834. The van der Waals surface area contributed by atoms with Gasteiger partial charge in [0.2, 0.25) is 5.91 Å². The first-order valence-electron chi connectivity index (χ1n) is 8.01. The lowest BCUT2D eigenvalue weighted by molar-refractivity contribution is -0.119. The second-order valence-corrected chi connectivity index (χ2v) is 7.15. The molecular formula is C20H19ClN2OS. The number of carbonyl (C=O) groups is 1. The monoisotopic (exact) mass is 370 g/mol. The minimum atomic E-state index is -0.149. The van der Waals surface area contributed by atoms with Crippen LogP contribution < -0.4 is 10.6 Å². The Morgan fingerprint density at radius 2 is 1.92 bits per heavy atom. The van der Waals surface area contributed by atoms with Gasteiger partial charge in [-0.2, -0.15) is 0 Å². The molecule has 0 unspecified atom stereocenters. The van der Waals surface area contributed by atoms with E-state index in [4.69, 9.17) is 11.6 Å². The highest BCUT2D eigenvalue weighted by Gasteiger charge is 2.17. The third kappa shape index (κ3) is 4.62. The Hall–Kier alpha value is -2.30. The highest BCUT2D eigenvalue weighted by Crippen LogP contribution is 2.26. The third-order valence-electron chi connectivity index (χ3n) is 3.83. The van der Waals surface area contributed by atoms with Crippen molar-refractivity contribution in [1.82, 2.24) is 5.32 Å². The molecule has 1 heterocycles. The van der Waals surface area contributed by atoms with E-state index >= 15 is 0 Å². The number of halogens is 1. The van der Waals surface area contributed by atoms with Crippen LogP contribution in [-0.2, 0) is 4.79 Å². The predicted molar refractivity (Wildman–Crippen MR) is 105 cm³/mol. The van der Waals surface area contributed by atoms with Gasteiger partial charge in [-0.25, -0.2) is 0 Å². The van der Waals surface area contributed by atoms with E-state index in [9.17, 15) is 4.79 Å². The number of carbonyl (C=O) groups excluding carboxylic acids is 1. The second kappa shape index (κ2) is 8.19. The summed E-state index contributed by atoms with van der Waals surface area (Å²) in [6.07, 6.45) is 0. The van der Waals surface area contributed by atoms with Crippen molar-refractivity contribution in [2.45, 2.75) is 13.0 Å². The third-order valence-corrected chi connectivity index (χ3v) is 5.08. The Kier molecular flexibility index (Phi) is 5.74. The SMILES string of the molecule is Cc1ccc(NCC(=O)N[C@H](c2ccccc2)c2cccs2)c(Cl)c1. The van der Waals surface area contributed by atoms with Crippen molar-refractivity contribution in [3.05, 3.63) is 87.1 Å². The highest BCUT2D eigenvalue weighted by atomic mass is 35.5. The molecular weight excluding hydrogens is 352 g/mol. The maximum Gasteiger partial charge on any atom is 0.240 e. The zero-order valence-electron chi connectivity index (χ0n) is 13.8. The Morgan fingerprint density at radius 1 is 1.12 bits per heavy atom. The van der Waals surface area contributed by atoms with Gasteiger partial charge in [-0.15, -0.1) is 11.3 Å². The molecule has 1 aromatic heterocycles. The molecule has 128 valence electrons. The lowest BCUT2D eigenvalue weighted by Gasteiger charge is -2.18. The van der Waals surface area contributed by atoms with Crippen LogP contribution in [-0.4, -0.2) is 12.5 Å². The van der Waals surface area contributed by atoms with Gasteiger partial charge in [-0.1, -0.05) is 54.1 Å². The molecule has 0 saturated heterocycles. The van der Waals surface area contributed by atoms with E-state index < -0.39 is 0 Å². The van der Waals surface area contributed by atoms with E-state index in [1.54, 1.807) is 11.3 Å². The number of benzene rings is 2. The molecule has 2 N–H and O–H groups in total. The summed E-state index contributed by atoms with van der Waals surface area (Å²) in [5.41, 5.74) is 2.91. The number of aryl methyl sites for hydroxylation is 1. The minimum Gasteiger partial charge on any atom is -0.375 e. The molecule has 0 spiro atoms. The molecule has 5 heteroatoms. The van der Waals surface area contributed by atoms with Crippen LogP contribution in [0.25, 0.3) is 0 Å². The Balaban J connectivity index is 1.68. The van der Waals surface area contributed by atoms with Gasteiger partial charge in [0.15, 0.2) is 0 Å². The van der Waals surface area contributed by atoms with E-state index in [1.165, 1.54) is 0 Å². The molecule has 1 atom stereocenters. The summed E-state index contributed by atoms with van der Waals surface area (Å²) in [6, 6.07) is 19.6. The van der Waals surface area contributed by atoms with Gasteiger partial charge in [0.25, 0.3) is 0 Å². The minimum absolute atomic E-state index is 0.0844. The Morgan fingerprint density at radius 3 is 2.60 bits per heavy atom. The van der Waals surface area contributed by atoms with Crippen molar-refractivity contribution in [2.75, 3.05) is 11.9 Å². The van der Waals surface area contributed by atoms with Gasteiger partial charge < -0.3 is 10.6 Å². The molecule has 0 saturated carbocycles. The largest absolute Gasteiger partial charge is 0.375 e. The number of hydrogen-bond donors (Lipinski definition) is 2. The summed E-state index contributed by atoms with van der Waals surface area (Å²) in [5.74, 6) is -0.0844. The highest BCUT2D eigenvalue weighted by molar-refractivity contribution is 7.10. The lowest BCUT2D eigenvalue weighted by Crippen LogP contribution is -2.33. The average Bonchev–Trinajstić information content (AvgIpc) is 3.14. The molecule has 0 fully saturated rings. The fourth-order valence-corrected chi connectivity index (χ4v) is 3.68.